The van der Waals surface area contributed by atoms with Gasteiger partial charge in [-0.2, -0.15) is 0 Å². The molecule has 2 aliphatic heterocycles. The van der Waals surface area contributed by atoms with Crippen LogP contribution in [0.3, 0.4) is 0 Å². The highest BCUT2D eigenvalue weighted by atomic mass is 19.1. The second kappa shape index (κ2) is 13.6. The van der Waals surface area contributed by atoms with Gasteiger partial charge in [-0.1, -0.05) is 48.5 Å². The van der Waals surface area contributed by atoms with Crippen LogP contribution in [-0.2, 0) is 22.6 Å². The summed E-state index contributed by atoms with van der Waals surface area (Å²) >= 11 is 0. The van der Waals surface area contributed by atoms with Gasteiger partial charge in [0.25, 0.3) is 0 Å². The fourth-order valence-corrected chi connectivity index (χ4v) is 6.40. The lowest BCUT2D eigenvalue weighted by Crippen LogP contribution is -2.76. The van der Waals surface area contributed by atoms with E-state index >= 15 is 0 Å². The van der Waals surface area contributed by atoms with Crippen molar-refractivity contribution in [3.05, 3.63) is 95.3 Å². The first-order valence-electron chi connectivity index (χ1n) is 15.4. The Bertz CT molecular complexity index is 1520. The van der Waals surface area contributed by atoms with Crippen molar-refractivity contribution in [3.63, 3.8) is 0 Å². The van der Waals surface area contributed by atoms with E-state index in [1.807, 2.05) is 56.0 Å². The molecule has 0 saturated carbocycles. The van der Waals surface area contributed by atoms with Gasteiger partial charge >= 0.3 is 6.03 Å². The van der Waals surface area contributed by atoms with Crippen LogP contribution in [0.25, 0.3) is 0 Å². The number of benzene rings is 3. The summed E-state index contributed by atoms with van der Waals surface area (Å²) in [4.78, 5) is 47.2. The molecule has 4 amide bonds. The zero-order chi connectivity index (χ0) is 32.2. The number of rotatable bonds is 9. The van der Waals surface area contributed by atoms with Crippen LogP contribution in [-0.4, -0.2) is 88.2 Å². The molecule has 2 aliphatic rings. The molecule has 0 aromatic heterocycles. The average Bonchev–Trinajstić information content (AvgIpc) is 3.03. The van der Waals surface area contributed by atoms with E-state index in [0.29, 0.717) is 25.3 Å². The van der Waals surface area contributed by atoms with Gasteiger partial charge in [0, 0.05) is 38.8 Å². The lowest BCUT2D eigenvalue weighted by molar-refractivity contribution is -0.189. The first kappa shape index (κ1) is 31.8. The number of phenolic OH excluding ortho intramolecular Hbond substituents is 1. The number of piperazine rings is 1. The minimum absolute atomic E-state index is 0.0655. The van der Waals surface area contributed by atoms with E-state index in [2.05, 4.69) is 5.32 Å². The van der Waals surface area contributed by atoms with Crippen molar-refractivity contribution in [1.82, 2.24) is 25.1 Å². The smallest absolute Gasteiger partial charge is 0.334 e. The number of halogens is 1. The molecule has 2 fully saturated rings. The third-order valence-electron chi connectivity index (χ3n) is 8.76. The Labute approximate surface area is 263 Å². The molecule has 238 valence electrons. The summed E-state index contributed by atoms with van der Waals surface area (Å²) in [6.07, 6.45) is -0.591. The van der Waals surface area contributed by atoms with Gasteiger partial charge in [-0.3, -0.25) is 9.59 Å². The van der Waals surface area contributed by atoms with Crippen LogP contribution in [0.5, 0.6) is 5.75 Å². The molecule has 11 heteroatoms. The number of carbonyl (C=O) groups excluding carboxylic acids is 3. The molecule has 5 rings (SSSR count). The average molecular weight is 617 g/mol. The fraction of sp³-hybridized carbons (Fsp3) is 0.382. The zero-order valence-corrected chi connectivity index (χ0v) is 26.2. The number of hydrazine groups is 1. The van der Waals surface area contributed by atoms with Gasteiger partial charge < -0.3 is 25.1 Å². The summed E-state index contributed by atoms with van der Waals surface area (Å²) in [5.41, 5.74) is 3.17. The number of nitrogens with one attached hydrogen (secondary N) is 1. The molecule has 10 nitrogen and oxygen atoms in total. The number of hydrogen-bond acceptors (Lipinski definition) is 6. The van der Waals surface area contributed by atoms with Crippen LogP contribution in [0.1, 0.15) is 43.5 Å². The number of anilines is 1. The molecule has 0 aliphatic carbocycles. The van der Waals surface area contributed by atoms with Gasteiger partial charge in [0.1, 0.15) is 23.8 Å². The second-order valence-electron chi connectivity index (χ2n) is 11.5. The van der Waals surface area contributed by atoms with E-state index in [1.165, 1.54) is 22.0 Å². The largest absolute Gasteiger partial charge is 0.508 e. The molecule has 45 heavy (non-hydrogen) atoms. The normalized spacial score (nSPS) is 19.4. The van der Waals surface area contributed by atoms with Crippen molar-refractivity contribution in [3.8, 4) is 5.75 Å². The van der Waals surface area contributed by atoms with Crippen LogP contribution in [0.2, 0.25) is 0 Å². The number of urea groups is 1. The van der Waals surface area contributed by atoms with Crippen molar-refractivity contribution in [1.29, 1.82) is 0 Å². The van der Waals surface area contributed by atoms with E-state index in [-0.39, 0.29) is 48.9 Å². The maximum Gasteiger partial charge on any atom is 0.334 e. The predicted molar refractivity (Wildman–Crippen MR) is 169 cm³/mol. The number of hydrogen-bond donors (Lipinski definition) is 2. The lowest BCUT2D eigenvalue weighted by atomic mass is 9.95. The number of nitrogens with zero attached hydrogens (tertiary/aromatic N) is 5. The van der Waals surface area contributed by atoms with Gasteiger partial charge in [-0.15, -0.1) is 0 Å². The van der Waals surface area contributed by atoms with E-state index in [9.17, 15) is 23.9 Å². The van der Waals surface area contributed by atoms with Crippen molar-refractivity contribution < 1.29 is 23.9 Å². The predicted octanol–water partition coefficient (Wildman–Crippen LogP) is 4.12. The molecular formula is C34H41FN6O4. The Morgan fingerprint density at radius 3 is 2.38 bits per heavy atom. The van der Waals surface area contributed by atoms with Crippen molar-refractivity contribution in [2.75, 3.05) is 38.1 Å². The van der Waals surface area contributed by atoms with Crippen LogP contribution in [0.4, 0.5) is 14.9 Å². The van der Waals surface area contributed by atoms with Crippen LogP contribution >= 0.6 is 0 Å². The number of phenols is 1. The first-order chi connectivity index (χ1) is 21.6. The molecule has 3 atom stereocenters. The van der Waals surface area contributed by atoms with E-state index in [4.69, 9.17) is 0 Å². The Balaban J connectivity index is 1.53. The van der Waals surface area contributed by atoms with Crippen molar-refractivity contribution in [2.45, 2.75) is 52.0 Å². The molecule has 2 saturated heterocycles. The molecule has 0 spiro atoms. The Morgan fingerprint density at radius 2 is 1.71 bits per heavy atom. The number of carbonyl (C=O) groups is 3. The van der Waals surface area contributed by atoms with E-state index in [1.54, 1.807) is 47.3 Å². The van der Waals surface area contributed by atoms with Gasteiger partial charge in [0.2, 0.25) is 11.8 Å². The SMILES string of the molecule is CCN(CC)c1cc(F)ccc1C(C)N1CC2N(C(=O)CN(C)N2C(=O)NCc2ccccc2)[C@@H](Cc2ccc(O)cc2)C1=O. The van der Waals surface area contributed by atoms with Crippen LogP contribution < -0.4 is 10.2 Å². The highest BCUT2D eigenvalue weighted by Crippen LogP contribution is 2.36. The van der Waals surface area contributed by atoms with Crippen molar-refractivity contribution in [2.24, 2.45) is 0 Å². The summed E-state index contributed by atoms with van der Waals surface area (Å²) < 4.78 is 14.5. The quantitative estimate of drug-likeness (QED) is 0.376. The number of aromatic hydroxyl groups is 1. The monoisotopic (exact) mass is 616 g/mol. The Hall–Kier alpha value is -4.64. The van der Waals surface area contributed by atoms with E-state index < -0.39 is 18.2 Å². The highest BCUT2D eigenvalue weighted by molar-refractivity contribution is 5.92. The molecule has 3 aromatic rings. The summed E-state index contributed by atoms with van der Waals surface area (Å²) in [6, 6.07) is 18.9. The zero-order valence-electron chi connectivity index (χ0n) is 26.2. The topological polar surface area (TPSA) is 99.7 Å². The van der Waals surface area contributed by atoms with Crippen LogP contribution in [0.15, 0.2) is 72.8 Å². The standard InChI is InChI=1S/C34H41FN6O4/c1-5-38(6-2)29-19-26(35)14-17-28(29)23(3)39-21-31-40(30(33(39)44)18-24-12-15-27(42)16-13-24)32(43)22-37(4)41(31)34(45)36-20-25-10-8-7-9-11-25/h7-17,19,23,30-31,42H,5-6,18,20-22H2,1-4H3,(H,36,45)/t23?,30-,31?/m0/s1. The molecule has 2 N–H and O–H groups in total. The Morgan fingerprint density at radius 1 is 1.02 bits per heavy atom. The molecule has 2 unspecified atom stereocenters. The first-order valence-corrected chi connectivity index (χ1v) is 15.4. The number of amides is 4. The summed E-state index contributed by atoms with van der Waals surface area (Å²) in [7, 11) is 1.69. The fourth-order valence-electron chi connectivity index (χ4n) is 6.40. The van der Waals surface area contributed by atoms with E-state index in [0.717, 1.165) is 16.7 Å². The van der Waals surface area contributed by atoms with Crippen molar-refractivity contribution >= 4 is 23.5 Å². The molecule has 2 heterocycles. The Kier molecular flexibility index (Phi) is 9.57. The third-order valence-corrected chi connectivity index (χ3v) is 8.76. The summed E-state index contributed by atoms with van der Waals surface area (Å²) in [5, 5.41) is 15.9. The summed E-state index contributed by atoms with van der Waals surface area (Å²) in [5.74, 6) is -0.789. The second-order valence-corrected chi connectivity index (χ2v) is 11.5. The van der Waals surface area contributed by atoms with Gasteiger partial charge in [0.05, 0.1) is 19.1 Å². The lowest BCUT2D eigenvalue weighted by Gasteiger charge is -2.55. The highest BCUT2D eigenvalue weighted by Gasteiger charge is 2.51. The molecular weight excluding hydrogens is 575 g/mol. The van der Waals surface area contributed by atoms with Gasteiger partial charge in [-0.25, -0.2) is 19.2 Å². The molecule has 0 bridgehead atoms. The molecule has 3 aromatic carbocycles. The number of fused-ring (bicyclic) bond motifs is 1. The molecule has 0 radical (unpaired) electrons. The van der Waals surface area contributed by atoms with Gasteiger partial charge in [0.15, 0.2) is 0 Å². The van der Waals surface area contributed by atoms with Gasteiger partial charge in [-0.05, 0) is 61.7 Å². The number of likely N-dealkylation sites (N-methyl/N-ethyl adjacent to an activating group) is 1. The third kappa shape index (κ3) is 6.58. The minimum atomic E-state index is -0.904. The van der Waals surface area contributed by atoms with Crippen LogP contribution in [0, 0.1) is 5.82 Å². The summed E-state index contributed by atoms with van der Waals surface area (Å²) in [6.45, 7) is 7.49. The maximum atomic E-state index is 14.5. The maximum absolute atomic E-state index is 14.5. The minimum Gasteiger partial charge on any atom is -0.508 e.